The molecule has 3 aromatic carbocycles. The molecule has 0 aliphatic carbocycles. The Bertz CT molecular complexity index is 1370. The minimum Gasteiger partial charge on any atom is -0.492 e. The number of carbonyl (C=O) groups is 2. The maximum absolute atomic E-state index is 14.0. The molecule has 0 aliphatic heterocycles. The molecule has 208 valence electrons. The Labute approximate surface area is 239 Å². The van der Waals surface area contributed by atoms with Gasteiger partial charge in [-0.25, -0.2) is 8.42 Å². The predicted octanol–water partition coefficient (Wildman–Crippen LogP) is 4.99. The molecule has 1 N–H and O–H groups in total. The highest BCUT2D eigenvalue weighted by Gasteiger charge is 2.33. The highest BCUT2D eigenvalue weighted by molar-refractivity contribution is 9.10. The Kier molecular flexibility index (Phi) is 10.5. The van der Waals surface area contributed by atoms with Crippen LogP contribution in [0.2, 0.25) is 0 Å². The zero-order valence-electron chi connectivity index (χ0n) is 22.5. The number of nitrogens with one attached hydrogen (secondary N) is 1. The van der Waals surface area contributed by atoms with E-state index in [9.17, 15) is 18.0 Å². The minimum atomic E-state index is -4.17. The van der Waals surface area contributed by atoms with Crippen molar-refractivity contribution < 1.29 is 22.7 Å². The zero-order chi connectivity index (χ0) is 28.6. The average molecular weight is 617 g/mol. The summed E-state index contributed by atoms with van der Waals surface area (Å²) in [5.74, 6) is -0.532. The minimum absolute atomic E-state index is 0.0363. The number of hydrogen-bond acceptors (Lipinski definition) is 5. The van der Waals surface area contributed by atoms with Crippen molar-refractivity contribution in [2.45, 2.75) is 51.2 Å². The summed E-state index contributed by atoms with van der Waals surface area (Å²) in [6, 6.07) is 21.0. The molecule has 39 heavy (non-hydrogen) atoms. The van der Waals surface area contributed by atoms with Crippen LogP contribution < -0.4 is 14.4 Å². The molecule has 0 unspecified atom stereocenters. The van der Waals surface area contributed by atoms with Crippen LogP contribution in [-0.2, 0) is 26.2 Å². The van der Waals surface area contributed by atoms with Crippen molar-refractivity contribution >= 4 is 43.5 Å². The molecule has 0 bridgehead atoms. The first kappa shape index (κ1) is 30.2. The van der Waals surface area contributed by atoms with Crippen LogP contribution in [0.1, 0.15) is 33.3 Å². The highest BCUT2D eigenvalue weighted by atomic mass is 79.9. The van der Waals surface area contributed by atoms with Crippen molar-refractivity contribution in [3.63, 3.8) is 0 Å². The molecule has 0 fully saturated rings. The van der Waals surface area contributed by atoms with Crippen molar-refractivity contribution in [1.29, 1.82) is 0 Å². The molecule has 0 heterocycles. The van der Waals surface area contributed by atoms with Crippen LogP contribution >= 0.6 is 15.9 Å². The van der Waals surface area contributed by atoms with Gasteiger partial charge in [0.25, 0.3) is 10.0 Å². The molecule has 8 nitrogen and oxygen atoms in total. The molecule has 0 radical (unpaired) electrons. The van der Waals surface area contributed by atoms with Crippen molar-refractivity contribution in [1.82, 2.24) is 10.2 Å². The number of nitrogens with zero attached hydrogens (tertiary/aromatic N) is 2. The van der Waals surface area contributed by atoms with Gasteiger partial charge in [0.15, 0.2) is 0 Å². The monoisotopic (exact) mass is 615 g/mol. The van der Waals surface area contributed by atoms with Crippen LogP contribution in [0.5, 0.6) is 5.75 Å². The van der Waals surface area contributed by atoms with Crippen LogP contribution in [0, 0.1) is 0 Å². The van der Waals surface area contributed by atoms with E-state index in [-0.39, 0.29) is 29.1 Å². The fourth-order valence-electron chi connectivity index (χ4n) is 3.95. The molecular weight excluding hydrogens is 582 g/mol. The first-order valence-electron chi connectivity index (χ1n) is 12.7. The summed E-state index contributed by atoms with van der Waals surface area (Å²) in [6.45, 7) is 7.01. The predicted molar refractivity (Wildman–Crippen MR) is 156 cm³/mol. The second kappa shape index (κ2) is 13.6. The summed E-state index contributed by atoms with van der Waals surface area (Å²) in [4.78, 5) is 28.4. The smallest absolute Gasteiger partial charge is 0.264 e. The average Bonchev–Trinajstić information content (AvgIpc) is 2.91. The van der Waals surface area contributed by atoms with Crippen molar-refractivity contribution in [2.24, 2.45) is 0 Å². The maximum Gasteiger partial charge on any atom is 0.264 e. The quantitative estimate of drug-likeness (QED) is 0.310. The van der Waals surface area contributed by atoms with Gasteiger partial charge in [0, 0.05) is 17.1 Å². The standard InChI is InChI=1S/C29H34BrN3O5S/c1-5-38-27-14-10-9-13-26(27)33(39(36,37)25-11-7-6-8-12-25)20-28(34)32(22(4)29(35)31-21(2)3)19-23-15-17-24(30)18-16-23/h6-18,21-22H,5,19-20H2,1-4H3,(H,31,35)/t22-/m1/s1. The number of carbonyl (C=O) groups excluding carboxylic acids is 2. The number of hydrogen-bond donors (Lipinski definition) is 1. The third kappa shape index (κ3) is 7.83. The van der Waals surface area contributed by atoms with Gasteiger partial charge in [-0.05, 0) is 69.7 Å². The Morgan fingerprint density at radius 2 is 1.54 bits per heavy atom. The van der Waals surface area contributed by atoms with Crippen LogP contribution in [0.15, 0.2) is 88.2 Å². The first-order valence-corrected chi connectivity index (χ1v) is 14.9. The van der Waals surface area contributed by atoms with E-state index >= 15 is 0 Å². The van der Waals surface area contributed by atoms with Crippen molar-refractivity contribution in [2.75, 3.05) is 17.5 Å². The fraction of sp³-hybridized carbons (Fsp3) is 0.310. The molecule has 0 aliphatic rings. The number of ether oxygens (including phenoxy) is 1. The van der Waals surface area contributed by atoms with Crippen molar-refractivity contribution in [3.8, 4) is 5.75 Å². The van der Waals surface area contributed by atoms with Gasteiger partial charge in [-0.1, -0.05) is 58.4 Å². The Morgan fingerprint density at radius 1 is 0.923 bits per heavy atom. The summed E-state index contributed by atoms with van der Waals surface area (Å²) in [5, 5.41) is 2.85. The van der Waals surface area contributed by atoms with E-state index in [1.165, 1.54) is 17.0 Å². The summed E-state index contributed by atoms with van der Waals surface area (Å²) >= 11 is 3.41. The Balaban J connectivity index is 2.06. The van der Waals surface area contributed by atoms with E-state index in [2.05, 4.69) is 21.2 Å². The van der Waals surface area contributed by atoms with Crippen molar-refractivity contribution in [3.05, 3.63) is 88.9 Å². The number of benzene rings is 3. The molecule has 0 aromatic heterocycles. The zero-order valence-corrected chi connectivity index (χ0v) is 24.9. The van der Waals surface area contributed by atoms with Crippen LogP contribution in [0.3, 0.4) is 0 Å². The lowest BCUT2D eigenvalue weighted by Gasteiger charge is -2.32. The van der Waals surface area contributed by atoms with E-state index in [1.807, 2.05) is 38.1 Å². The summed E-state index contributed by atoms with van der Waals surface area (Å²) in [5.41, 5.74) is 1.03. The number of halogens is 1. The molecule has 0 spiro atoms. The lowest BCUT2D eigenvalue weighted by molar-refractivity contribution is -0.139. The number of rotatable bonds is 12. The van der Waals surface area contributed by atoms with Crippen LogP contribution in [0.4, 0.5) is 5.69 Å². The van der Waals surface area contributed by atoms with Gasteiger partial charge in [0.2, 0.25) is 11.8 Å². The lowest BCUT2D eigenvalue weighted by atomic mass is 10.1. The fourth-order valence-corrected chi connectivity index (χ4v) is 5.66. The highest BCUT2D eigenvalue weighted by Crippen LogP contribution is 2.33. The Morgan fingerprint density at radius 3 is 2.15 bits per heavy atom. The summed E-state index contributed by atoms with van der Waals surface area (Å²) in [7, 11) is -4.17. The third-order valence-corrected chi connectivity index (χ3v) is 8.21. The van der Waals surface area contributed by atoms with E-state index in [0.29, 0.717) is 12.4 Å². The molecule has 1 atom stereocenters. The van der Waals surface area contributed by atoms with Gasteiger partial charge in [0.1, 0.15) is 18.3 Å². The number of para-hydroxylation sites is 2. The van der Waals surface area contributed by atoms with E-state index in [0.717, 1.165) is 14.3 Å². The molecule has 10 heteroatoms. The van der Waals surface area contributed by atoms with Gasteiger partial charge in [-0.2, -0.15) is 0 Å². The third-order valence-electron chi connectivity index (χ3n) is 5.91. The maximum atomic E-state index is 14.0. The number of anilines is 1. The lowest BCUT2D eigenvalue weighted by Crippen LogP contribution is -2.52. The largest absolute Gasteiger partial charge is 0.492 e. The SMILES string of the molecule is CCOc1ccccc1N(CC(=O)N(Cc1ccc(Br)cc1)[C@H](C)C(=O)NC(C)C)S(=O)(=O)c1ccccc1. The van der Waals surface area contributed by atoms with E-state index in [4.69, 9.17) is 4.74 Å². The topological polar surface area (TPSA) is 96.0 Å². The molecule has 0 saturated carbocycles. The normalized spacial score (nSPS) is 12.1. The van der Waals surface area contributed by atoms with E-state index in [1.54, 1.807) is 56.3 Å². The van der Waals surface area contributed by atoms with Crippen LogP contribution in [0.25, 0.3) is 0 Å². The second-order valence-corrected chi connectivity index (χ2v) is 12.0. The second-order valence-electron chi connectivity index (χ2n) is 9.21. The van der Waals surface area contributed by atoms with Crippen LogP contribution in [-0.4, -0.2) is 50.4 Å². The van der Waals surface area contributed by atoms with Gasteiger partial charge >= 0.3 is 0 Å². The Hall–Kier alpha value is -3.37. The summed E-state index contributed by atoms with van der Waals surface area (Å²) < 4.78 is 35.5. The van der Waals surface area contributed by atoms with Gasteiger partial charge < -0.3 is 15.0 Å². The molecule has 3 rings (SSSR count). The summed E-state index contributed by atoms with van der Waals surface area (Å²) in [6.07, 6.45) is 0. The molecular formula is C29H34BrN3O5S. The molecule has 3 aromatic rings. The molecule has 0 saturated heterocycles. The van der Waals surface area contributed by atoms with Gasteiger partial charge in [0.05, 0.1) is 17.2 Å². The van der Waals surface area contributed by atoms with E-state index < -0.39 is 28.5 Å². The number of sulfonamides is 1. The first-order chi connectivity index (χ1) is 18.5. The van der Waals surface area contributed by atoms with Gasteiger partial charge in [-0.15, -0.1) is 0 Å². The number of amides is 2. The molecule has 2 amide bonds. The van der Waals surface area contributed by atoms with Gasteiger partial charge in [-0.3, -0.25) is 13.9 Å².